The molecular formula is C23H22F2N2OS. The standard InChI is InChI=1S/C23H22F2N2OS/c1-15-8-9-16(2)20(14-15)27-22(28)21(17-6-4-3-5-7-17)26-18-10-12-19(13-11-18)29-23(24)25/h3-14,21,23,26H,1-2H3,(H,27,28)/t21-/m1/s1. The number of carbonyl (C=O) groups excluding carboxylic acids is 1. The van der Waals surface area contributed by atoms with E-state index >= 15 is 0 Å². The van der Waals surface area contributed by atoms with Crippen LogP contribution in [0.25, 0.3) is 0 Å². The Morgan fingerprint density at radius 3 is 2.28 bits per heavy atom. The fourth-order valence-electron chi connectivity index (χ4n) is 2.92. The smallest absolute Gasteiger partial charge is 0.288 e. The second-order valence-electron chi connectivity index (χ2n) is 6.70. The van der Waals surface area contributed by atoms with E-state index in [0.29, 0.717) is 22.3 Å². The highest BCUT2D eigenvalue weighted by molar-refractivity contribution is 7.99. The largest absolute Gasteiger partial charge is 0.370 e. The lowest BCUT2D eigenvalue weighted by Crippen LogP contribution is -2.27. The van der Waals surface area contributed by atoms with Gasteiger partial charge in [-0.3, -0.25) is 4.79 Å². The predicted molar refractivity (Wildman–Crippen MR) is 116 cm³/mol. The Kier molecular flexibility index (Phi) is 6.88. The van der Waals surface area contributed by atoms with Gasteiger partial charge in [-0.15, -0.1) is 0 Å². The number of benzene rings is 3. The van der Waals surface area contributed by atoms with Crippen molar-refractivity contribution in [2.45, 2.75) is 30.5 Å². The van der Waals surface area contributed by atoms with Crippen LogP contribution in [-0.4, -0.2) is 11.7 Å². The van der Waals surface area contributed by atoms with Crippen LogP contribution in [-0.2, 0) is 4.79 Å². The number of rotatable bonds is 7. The molecule has 0 heterocycles. The van der Waals surface area contributed by atoms with Gasteiger partial charge < -0.3 is 10.6 Å². The molecule has 0 aliphatic rings. The molecule has 3 aromatic rings. The second-order valence-corrected chi connectivity index (χ2v) is 7.76. The maximum Gasteiger partial charge on any atom is 0.288 e. The lowest BCUT2D eigenvalue weighted by Gasteiger charge is -2.21. The first-order chi connectivity index (χ1) is 13.9. The summed E-state index contributed by atoms with van der Waals surface area (Å²) in [6, 6.07) is 21.3. The molecule has 0 unspecified atom stereocenters. The quantitative estimate of drug-likeness (QED) is 0.441. The molecule has 150 valence electrons. The van der Waals surface area contributed by atoms with Crippen LogP contribution in [0.15, 0.2) is 77.7 Å². The fraction of sp³-hybridized carbons (Fsp3) is 0.174. The van der Waals surface area contributed by atoms with Gasteiger partial charge in [0.2, 0.25) is 0 Å². The molecular weight excluding hydrogens is 390 g/mol. The number of carbonyl (C=O) groups is 1. The van der Waals surface area contributed by atoms with Crippen molar-refractivity contribution in [2.75, 3.05) is 10.6 Å². The van der Waals surface area contributed by atoms with Gasteiger partial charge in [0, 0.05) is 16.3 Å². The summed E-state index contributed by atoms with van der Waals surface area (Å²) in [6.45, 7) is 3.92. The van der Waals surface area contributed by atoms with E-state index < -0.39 is 11.8 Å². The highest BCUT2D eigenvalue weighted by Gasteiger charge is 2.21. The van der Waals surface area contributed by atoms with Crippen molar-refractivity contribution in [2.24, 2.45) is 0 Å². The van der Waals surface area contributed by atoms with Crippen LogP contribution in [0.1, 0.15) is 22.7 Å². The van der Waals surface area contributed by atoms with E-state index in [0.717, 1.165) is 22.4 Å². The number of hydrogen-bond donors (Lipinski definition) is 2. The first-order valence-corrected chi connectivity index (χ1v) is 10.0. The Labute approximate surface area is 173 Å². The summed E-state index contributed by atoms with van der Waals surface area (Å²) in [5.41, 5.74) is 4.28. The summed E-state index contributed by atoms with van der Waals surface area (Å²) in [6.07, 6.45) is 0. The van der Waals surface area contributed by atoms with Gasteiger partial charge in [-0.05, 0) is 60.9 Å². The molecule has 2 N–H and O–H groups in total. The van der Waals surface area contributed by atoms with E-state index in [1.54, 1.807) is 24.3 Å². The topological polar surface area (TPSA) is 41.1 Å². The van der Waals surface area contributed by atoms with Crippen molar-refractivity contribution in [3.63, 3.8) is 0 Å². The molecule has 0 radical (unpaired) electrons. The number of anilines is 2. The van der Waals surface area contributed by atoms with Gasteiger partial charge in [0.25, 0.3) is 11.7 Å². The van der Waals surface area contributed by atoms with E-state index in [2.05, 4.69) is 10.6 Å². The zero-order valence-electron chi connectivity index (χ0n) is 16.2. The third kappa shape index (κ3) is 5.81. The van der Waals surface area contributed by atoms with Crippen LogP contribution in [0.3, 0.4) is 0 Å². The number of alkyl halides is 2. The predicted octanol–water partition coefficient (Wildman–Crippen LogP) is 6.41. The molecule has 1 amide bonds. The lowest BCUT2D eigenvalue weighted by molar-refractivity contribution is -0.117. The number of thioether (sulfide) groups is 1. The van der Waals surface area contributed by atoms with Crippen molar-refractivity contribution >= 4 is 29.0 Å². The molecule has 3 aromatic carbocycles. The normalized spacial score (nSPS) is 11.9. The van der Waals surface area contributed by atoms with Crippen molar-refractivity contribution in [3.8, 4) is 0 Å². The van der Waals surface area contributed by atoms with Crippen molar-refractivity contribution < 1.29 is 13.6 Å². The second kappa shape index (κ2) is 9.56. The van der Waals surface area contributed by atoms with Crippen LogP contribution in [0.4, 0.5) is 20.2 Å². The van der Waals surface area contributed by atoms with E-state index in [1.165, 1.54) is 0 Å². The van der Waals surface area contributed by atoms with E-state index in [9.17, 15) is 13.6 Å². The zero-order valence-corrected chi connectivity index (χ0v) is 17.0. The summed E-state index contributed by atoms with van der Waals surface area (Å²) in [4.78, 5) is 13.6. The van der Waals surface area contributed by atoms with Crippen LogP contribution in [0.5, 0.6) is 0 Å². The molecule has 0 aromatic heterocycles. The van der Waals surface area contributed by atoms with E-state index in [1.807, 2.05) is 62.4 Å². The Bertz CT molecular complexity index is 962. The third-order valence-electron chi connectivity index (χ3n) is 4.44. The summed E-state index contributed by atoms with van der Waals surface area (Å²) in [5, 5.41) is 6.22. The monoisotopic (exact) mass is 412 g/mol. The number of nitrogens with one attached hydrogen (secondary N) is 2. The average molecular weight is 413 g/mol. The molecule has 0 fully saturated rings. The zero-order chi connectivity index (χ0) is 20.8. The maximum atomic E-state index is 13.1. The Balaban J connectivity index is 1.83. The molecule has 3 nitrogen and oxygen atoms in total. The first kappa shape index (κ1) is 20.9. The minimum atomic E-state index is -2.46. The molecule has 0 saturated heterocycles. The Morgan fingerprint density at radius 2 is 1.62 bits per heavy atom. The summed E-state index contributed by atoms with van der Waals surface area (Å²) >= 11 is 0.493. The van der Waals surface area contributed by atoms with Gasteiger partial charge in [-0.1, -0.05) is 54.2 Å². The number of aryl methyl sites for hydroxylation is 2. The van der Waals surface area contributed by atoms with Gasteiger partial charge in [-0.25, -0.2) is 0 Å². The fourth-order valence-corrected chi connectivity index (χ4v) is 3.42. The van der Waals surface area contributed by atoms with Gasteiger partial charge in [0.15, 0.2) is 0 Å². The minimum Gasteiger partial charge on any atom is -0.370 e. The summed E-state index contributed by atoms with van der Waals surface area (Å²) in [5.74, 6) is -2.66. The van der Waals surface area contributed by atoms with Crippen LogP contribution in [0, 0.1) is 13.8 Å². The maximum absolute atomic E-state index is 13.1. The average Bonchev–Trinajstić information content (AvgIpc) is 2.70. The van der Waals surface area contributed by atoms with Crippen LogP contribution < -0.4 is 10.6 Å². The highest BCUT2D eigenvalue weighted by Crippen LogP contribution is 2.28. The van der Waals surface area contributed by atoms with Gasteiger partial charge >= 0.3 is 0 Å². The summed E-state index contributed by atoms with van der Waals surface area (Å²) < 4.78 is 25.0. The molecule has 0 bridgehead atoms. The molecule has 29 heavy (non-hydrogen) atoms. The van der Waals surface area contributed by atoms with E-state index in [4.69, 9.17) is 0 Å². The van der Waals surface area contributed by atoms with Crippen LogP contribution >= 0.6 is 11.8 Å². The molecule has 0 aliphatic carbocycles. The molecule has 0 spiro atoms. The molecule has 1 atom stereocenters. The first-order valence-electron chi connectivity index (χ1n) is 9.17. The highest BCUT2D eigenvalue weighted by atomic mass is 32.2. The van der Waals surface area contributed by atoms with Crippen LogP contribution in [0.2, 0.25) is 0 Å². The third-order valence-corrected chi connectivity index (χ3v) is 5.16. The number of halogens is 2. The van der Waals surface area contributed by atoms with E-state index in [-0.39, 0.29) is 5.91 Å². The minimum absolute atomic E-state index is 0.198. The summed E-state index contributed by atoms with van der Waals surface area (Å²) in [7, 11) is 0. The Hall–Kier alpha value is -2.86. The Morgan fingerprint density at radius 1 is 0.931 bits per heavy atom. The lowest BCUT2D eigenvalue weighted by atomic mass is 10.0. The van der Waals surface area contributed by atoms with Crippen molar-refractivity contribution in [1.29, 1.82) is 0 Å². The molecule has 0 aliphatic heterocycles. The SMILES string of the molecule is Cc1ccc(C)c(NC(=O)[C@H](Nc2ccc(SC(F)F)cc2)c2ccccc2)c1. The number of hydrogen-bond acceptors (Lipinski definition) is 3. The van der Waals surface area contributed by atoms with Gasteiger partial charge in [-0.2, -0.15) is 8.78 Å². The molecule has 3 rings (SSSR count). The van der Waals surface area contributed by atoms with Crippen molar-refractivity contribution in [3.05, 3.63) is 89.5 Å². The molecule has 0 saturated carbocycles. The number of amides is 1. The van der Waals surface area contributed by atoms with Gasteiger partial charge in [0.05, 0.1) is 0 Å². The van der Waals surface area contributed by atoms with Gasteiger partial charge in [0.1, 0.15) is 6.04 Å². The van der Waals surface area contributed by atoms with Crippen molar-refractivity contribution in [1.82, 2.24) is 0 Å². The molecule has 6 heteroatoms.